The summed E-state index contributed by atoms with van der Waals surface area (Å²) in [6, 6.07) is 9.27. The predicted octanol–water partition coefficient (Wildman–Crippen LogP) is 2.33. The average molecular weight is 265 g/mol. The third-order valence-corrected chi connectivity index (χ3v) is 2.53. The zero-order chi connectivity index (χ0) is 13.0. The first-order valence-corrected chi connectivity index (χ1v) is 5.72. The summed E-state index contributed by atoms with van der Waals surface area (Å²) in [5.74, 6) is 1.21. The van der Waals surface area contributed by atoms with Gasteiger partial charge in [0.05, 0.1) is 7.11 Å². The molecule has 0 amide bonds. The summed E-state index contributed by atoms with van der Waals surface area (Å²) in [7, 11) is 1.53. The Kier molecular flexibility index (Phi) is 3.84. The zero-order valence-electron chi connectivity index (χ0n) is 9.85. The molecule has 1 aromatic heterocycles. The molecule has 0 saturated carbocycles. The van der Waals surface area contributed by atoms with E-state index in [1.165, 1.54) is 7.11 Å². The van der Waals surface area contributed by atoms with Gasteiger partial charge < -0.3 is 15.8 Å². The third kappa shape index (κ3) is 3.24. The van der Waals surface area contributed by atoms with Gasteiger partial charge in [-0.25, -0.2) is 0 Å². The molecule has 5 nitrogen and oxygen atoms in total. The fourth-order valence-corrected chi connectivity index (χ4v) is 1.69. The van der Waals surface area contributed by atoms with Gasteiger partial charge in [-0.1, -0.05) is 23.7 Å². The Bertz CT molecular complexity index is 547. The highest BCUT2D eigenvalue weighted by atomic mass is 35.5. The first kappa shape index (κ1) is 12.4. The Morgan fingerprint density at radius 2 is 2.17 bits per heavy atom. The molecule has 0 atom stereocenters. The average Bonchev–Trinajstić information content (AvgIpc) is 2.36. The van der Waals surface area contributed by atoms with E-state index in [1.807, 2.05) is 24.3 Å². The molecule has 6 heteroatoms. The minimum absolute atomic E-state index is 0.169. The molecule has 3 N–H and O–H groups in total. The molecule has 2 rings (SSSR count). The Hall–Kier alpha value is -2.01. The van der Waals surface area contributed by atoms with Crippen molar-refractivity contribution in [2.24, 2.45) is 0 Å². The lowest BCUT2D eigenvalue weighted by molar-refractivity contribution is 0.398. The van der Waals surface area contributed by atoms with Gasteiger partial charge in [0.2, 0.25) is 11.8 Å². The second-order valence-corrected chi connectivity index (χ2v) is 4.07. The molecule has 0 aliphatic heterocycles. The van der Waals surface area contributed by atoms with E-state index >= 15 is 0 Å². The van der Waals surface area contributed by atoms with Crippen molar-refractivity contribution in [3.05, 3.63) is 40.9 Å². The van der Waals surface area contributed by atoms with Crippen molar-refractivity contribution in [2.45, 2.75) is 6.54 Å². The maximum Gasteiger partial charge on any atom is 0.225 e. The van der Waals surface area contributed by atoms with Gasteiger partial charge in [-0.05, 0) is 17.7 Å². The van der Waals surface area contributed by atoms with Crippen molar-refractivity contribution in [3.8, 4) is 5.88 Å². The highest BCUT2D eigenvalue weighted by Gasteiger charge is 2.02. The summed E-state index contributed by atoms with van der Waals surface area (Å²) in [6.07, 6.45) is 0. The van der Waals surface area contributed by atoms with Crippen LogP contribution in [0.2, 0.25) is 5.02 Å². The number of hydrogen-bond donors (Lipinski definition) is 2. The van der Waals surface area contributed by atoms with E-state index < -0.39 is 0 Å². The Morgan fingerprint density at radius 1 is 1.33 bits per heavy atom. The van der Waals surface area contributed by atoms with Crippen LogP contribution in [0, 0.1) is 0 Å². The van der Waals surface area contributed by atoms with Crippen LogP contribution in [0.1, 0.15) is 5.56 Å². The largest absolute Gasteiger partial charge is 0.481 e. The number of nitrogen functional groups attached to an aromatic ring is 1. The van der Waals surface area contributed by atoms with E-state index in [0.29, 0.717) is 23.3 Å². The summed E-state index contributed by atoms with van der Waals surface area (Å²) in [5, 5.41) is 3.84. The number of nitrogens with zero attached hydrogens (tertiary/aromatic N) is 2. The number of nitrogens with one attached hydrogen (secondary N) is 1. The van der Waals surface area contributed by atoms with Crippen LogP contribution < -0.4 is 15.8 Å². The molecular weight excluding hydrogens is 252 g/mol. The highest BCUT2D eigenvalue weighted by molar-refractivity contribution is 6.30. The van der Waals surface area contributed by atoms with Crippen LogP contribution in [0.25, 0.3) is 0 Å². The molecule has 0 saturated heterocycles. The number of nitrogens with two attached hydrogens (primary N) is 1. The van der Waals surface area contributed by atoms with Crippen LogP contribution in [-0.4, -0.2) is 17.1 Å². The lowest BCUT2D eigenvalue weighted by atomic mass is 10.2. The summed E-state index contributed by atoms with van der Waals surface area (Å²) < 4.78 is 5.01. The van der Waals surface area contributed by atoms with Gasteiger partial charge in [0.15, 0.2) is 0 Å². The Labute approximate surface area is 110 Å². The molecule has 0 radical (unpaired) electrons. The Balaban J connectivity index is 2.08. The molecule has 1 heterocycles. The van der Waals surface area contributed by atoms with Crippen molar-refractivity contribution in [3.63, 3.8) is 0 Å². The maximum atomic E-state index is 5.91. The van der Waals surface area contributed by atoms with E-state index in [0.717, 1.165) is 5.56 Å². The van der Waals surface area contributed by atoms with Gasteiger partial charge in [0, 0.05) is 17.6 Å². The smallest absolute Gasteiger partial charge is 0.225 e. The van der Waals surface area contributed by atoms with Gasteiger partial charge in [0.25, 0.3) is 0 Å². The first-order valence-electron chi connectivity index (χ1n) is 5.34. The van der Waals surface area contributed by atoms with Gasteiger partial charge in [-0.2, -0.15) is 9.97 Å². The van der Waals surface area contributed by atoms with Crippen molar-refractivity contribution >= 4 is 23.4 Å². The summed E-state index contributed by atoms with van der Waals surface area (Å²) in [4.78, 5) is 7.97. The summed E-state index contributed by atoms with van der Waals surface area (Å²) in [5.41, 5.74) is 6.62. The van der Waals surface area contributed by atoms with E-state index in [9.17, 15) is 0 Å². The first-order chi connectivity index (χ1) is 8.67. The molecule has 94 valence electrons. The molecular formula is C12H13ClN4O. The Morgan fingerprint density at radius 3 is 2.89 bits per heavy atom. The van der Waals surface area contributed by atoms with Gasteiger partial charge in [0.1, 0.15) is 5.82 Å². The van der Waals surface area contributed by atoms with E-state index in [-0.39, 0.29) is 5.95 Å². The maximum absolute atomic E-state index is 5.91. The minimum atomic E-state index is 0.169. The van der Waals surface area contributed by atoms with E-state index in [4.69, 9.17) is 22.1 Å². The standard InChI is InChI=1S/C12H13ClN4O/c1-18-11-6-10(16-12(14)17-11)15-7-8-3-2-4-9(13)5-8/h2-6H,7H2,1H3,(H3,14,15,16,17). The number of methoxy groups -OCH3 is 1. The van der Waals surface area contributed by atoms with E-state index in [2.05, 4.69) is 15.3 Å². The van der Waals surface area contributed by atoms with Crippen LogP contribution in [0.15, 0.2) is 30.3 Å². The van der Waals surface area contributed by atoms with Crippen LogP contribution in [-0.2, 0) is 6.54 Å². The fourth-order valence-electron chi connectivity index (χ4n) is 1.48. The van der Waals surface area contributed by atoms with Gasteiger partial charge in [-0.15, -0.1) is 0 Å². The molecule has 0 aliphatic carbocycles. The predicted molar refractivity (Wildman–Crippen MR) is 71.8 cm³/mol. The topological polar surface area (TPSA) is 73.1 Å². The number of benzene rings is 1. The number of anilines is 2. The fraction of sp³-hybridized carbons (Fsp3) is 0.167. The van der Waals surface area contributed by atoms with Gasteiger partial charge >= 0.3 is 0 Å². The van der Waals surface area contributed by atoms with Crippen molar-refractivity contribution in [1.29, 1.82) is 0 Å². The SMILES string of the molecule is COc1cc(NCc2cccc(Cl)c2)nc(N)n1. The lowest BCUT2D eigenvalue weighted by Crippen LogP contribution is -2.05. The van der Waals surface area contributed by atoms with Crippen LogP contribution in [0.4, 0.5) is 11.8 Å². The quantitative estimate of drug-likeness (QED) is 0.887. The zero-order valence-corrected chi connectivity index (χ0v) is 10.6. The monoisotopic (exact) mass is 264 g/mol. The van der Waals surface area contributed by atoms with Crippen molar-refractivity contribution < 1.29 is 4.74 Å². The molecule has 0 aliphatic rings. The minimum Gasteiger partial charge on any atom is -0.481 e. The number of aromatic nitrogens is 2. The van der Waals surface area contributed by atoms with E-state index in [1.54, 1.807) is 6.07 Å². The number of halogens is 1. The molecule has 2 aromatic rings. The third-order valence-electron chi connectivity index (χ3n) is 2.29. The summed E-state index contributed by atoms with van der Waals surface area (Å²) >= 11 is 5.91. The number of rotatable bonds is 4. The molecule has 0 bridgehead atoms. The molecule has 18 heavy (non-hydrogen) atoms. The second kappa shape index (κ2) is 5.55. The van der Waals surface area contributed by atoms with Crippen LogP contribution >= 0.6 is 11.6 Å². The van der Waals surface area contributed by atoms with Crippen LogP contribution in [0.5, 0.6) is 5.88 Å². The second-order valence-electron chi connectivity index (χ2n) is 3.64. The molecule has 0 spiro atoms. The summed E-state index contributed by atoms with van der Waals surface area (Å²) in [6.45, 7) is 0.597. The van der Waals surface area contributed by atoms with Crippen molar-refractivity contribution in [2.75, 3.05) is 18.2 Å². The lowest BCUT2D eigenvalue weighted by Gasteiger charge is -2.08. The van der Waals surface area contributed by atoms with Crippen LogP contribution in [0.3, 0.4) is 0 Å². The normalized spacial score (nSPS) is 10.1. The molecule has 0 unspecified atom stereocenters. The van der Waals surface area contributed by atoms with Crippen molar-refractivity contribution in [1.82, 2.24) is 9.97 Å². The number of ether oxygens (including phenoxy) is 1. The molecule has 1 aromatic carbocycles. The van der Waals surface area contributed by atoms with Gasteiger partial charge in [-0.3, -0.25) is 0 Å². The number of hydrogen-bond acceptors (Lipinski definition) is 5. The highest BCUT2D eigenvalue weighted by Crippen LogP contribution is 2.16. The molecule has 0 fully saturated rings.